The fourth-order valence-electron chi connectivity index (χ4n) is 4.49. The van der Waals surface area contributed by atoms with Crippen molar-refractivity contribution >= 4 is 29.0 Å². The summed E-state index contributed by atoms with van der Waals surface area (Å²) in [5.41, 5.74) is 4.88. The minimum absolute atomic E-state index is 0.0429. The second-order valence-corrected chi connectivity index (χ2v) is 10.3. The Morgan fingerprint density at radius 3 is 2.62 bits per heavy atom. The Morgan fingerprint density at radius 2 is 2.03 bits per heavy atom. The number of β-amino-alcohol motifs (C(OH)–C–C–N with tert-alkyl or cyclic N) is 1. The lowest BCUT2D eigenvalue weighted by atomic mass is 9.93. The van der Waals surface area contributed by atoms with Crippen LogP contribution in [0.25, 0.3) is 10.4 Å². The molecular formula is C25H32N4O4S. The first kappa shape index (κ1) is 24.3. The van der Waals surface area contributed by atoms with Gasteiger partial charge in [-0.15, -0.1) is 11.3 Å². The fourth-order valence-corrected chi connectivity index (χ4v) is 5.30. The van der Waals surface area contributed by atoms with E-state index in [4.69, 9.17) is 4.74 Å². The van der Waals surface area contributed by atoms with Gasteiger partial charge >= 0.3 is 0 Å². The first-order valence-corrected chi connectivity index (χ1v) is 12.6. The van der Waals surface area contributed by atoms with E-state index in [1.54, 1.807) is 11.3 Å². The maximum atomic E-state index is 13.5. The number of rotatable bonds is 7. The number of aryl methyl sites for hydroxylation is 1. The molecule has 4 atom stereocenters. The zero-order valence-corrected chi connectivity index (χ0v) is 20.8. The van der Waals surface area contributed by atoms with Crippen LogP contribution in [0.1, 0.15) is 38.4 Å². The molecule has 1 aromatic carbocycles. The molecule has 0 spiro atoms. The summed E-state index contributed by atoms with van der Waals surface area (Å²) >= 11 is 1.60. The number of aliphatic hydroxyl groups is 1. The van der Waals surface area contributed by atoms with Gasteiger partial charge in [0, 0.05) is 19.5 Å². The molecule has 3 heterocycles. The minimum Gasteiger partial charge on any atom is -0.475 e. The van der Waals surface area contributed by atoms with Crippen LogP contribution in [0.15, 0.2) is 34.8 Å². The normalized spacial score (nSPS) is 23.1. The van der Waals surface area contributed by atoms with Crippen LogP contribution < -0.4 is 5.32 Å². The van der Waals surface area contributed by atoms with E-state index >= 15 is 0 Å². The van der Waals surface area contributed by atoms with Gasteiger partial charge in [0.1, 0.15) is 18.1 Å². The third-order valence-electron chi connectivity index (χ3n) is 6.32. The molecule has 1 saturated heterocycles. The Hall–Kier alpha value is -2.78. The number of aliphatic hydroxyl groups excluding tert-OH is 1. The smallest absolute Gasteiger partial charge is 0.243 e. The van der Waals surface area contributed by atoms with Crippen molar-refractivity contribution in [2.45, 2.75) is 58.9 Å². The van der Waals surface area contributed by atoms with Gasteiger partial charge in [0.25, 0.3) is 0 Å². The zero-order valence-electron chi connectivity index (χ0n) is 20.0. The average Bonchev–Trinajstić information content (AvgIpc) is 3.52. The van der Waals surface area contributed by atoms with Crippen molar-refractivity contribution < 1.29 is 19.4 Å². The monoisotopic (exact) mass is 484 g/mol. The van der Waals surface area contributed by atoms with Crippen molar-refractivity contribution in [1.82, 2.24) is 15.2 Å². The van der Waals surface area contributed by atoms with Gasteiger partial charge in [0.2, 0.25) is 11.8 Å². The van der Waals surface area contributed by atoms with Crippen LogP contribution in [-0.2, 0) is 20.9 Å². The van der Waals surface area contributed by atoms with Crippen molar-refractivity contribution in [2.75, 3.05) is 13.1 Å². The molecule has 8 nitrogen and oxygen atoms in total. The van der Waals surface area contributed by atoms with Crippen molar-refractivity contribution in [3.63, 3.8) is 0 Å². The molecule has 0 saturated carbocycles. The number of amides is 2. The predicted molar refractivity (Wildman–Crippen MR) is 131 cm³/mol. The SMILES string of the molecule is Cc1ncsc1-c1ccc(CNC(=O)[C@@H]2C[C@@H](O)CN2C(=O)[C@@H](C2=NCC(C)O2)C(C)C)cc1. The molecule has 34 heavy (non-hydrogen) atoms. The highest BCUT2D eigenvalue weighted by Crippen LogP contribution is 2.28. The van der Waals surface area contributed by atoms with E-state index in [2.05, 4.69) is 15.3 Å². The number of aliphatic imine (C=N–C) groups is 1. The zero-order chi connectivity index (χ0) is 24.4. The number of hydrogen-bond donors (Lipinski definition) is 2. The average molecular weight is 485 g/mol. The lowest BCUT2D eigenvalue weighted by molar-refractivity contribution is -0.141. The van der Waals surface area contributed by atoms with Crippen molar-refractivity contribution in [2.24, 2.45) is 16.8 Å². The summed E-state index contributed by atoms with van der Waals surface area (Å²) in [6, 6.07) is 7.28. The Labute approximate surface area is 204 Å². The summed E-state index contributed by atoms with van der Waals surface area (Å²) in [7, 11) is 0. The number of thiazole rings is 1. The summed E-state index contributed by atoms with van der Waals surface area (Å²) in [6.45, 7) is 8.78. The lowest BCUT2D eigenvalue weighted by Gasteiger charge is -2.29. The maximum absolute atomic E-state index is 13.5. The van der Waals surface area contributed by atoms with Gasteiger partial charge in [-0.2, -0.15) is 0 Å². The number of hydrogen-bond acceptors (Lipinski definition) is 7. The van der Waals surface area contributed by atoms with Crippen molar-refractivity contribution in [3.05, 3.63) is 41.0 Å². The number of nitrogens with zero attached hydrogens (tertiary/aromatic N) is 3. The summed E-state index contributed by atoms with van der Waals surface area (Å²) in [4.78, 5) is 37.9. The van der Waals surface area contributed by atoms with E-state index < -0.39 is 18.1 Å². The minimum atomic E-state index is -0.736. The van der Waals surface area contributed by atoms with Crippen molar-refractivity contribution in [1.29, 1.82) is 0 Å². The number of carbonyl (C=O) groups excluding carboxylic acids is 2. The molecule has 0 bridgehead atoms. The summed E-state index contributed by atoms with van der Waals surface area (Å²) < 4.78 is 5.77. The number of ether oxygens (including phenoxy) is 1. The molecule has 9 heteroatoms. The topological polar surface area (TPSA) is 104 Å². The van der Waals surface area contributed by atoms with Gasteiger partial charge in [0.15, 0.2) is 5.90 Å². The molecule has 2 aromatic rings. The second kappa shape index (κ2) is 10.2. The Balaban J connectivity index is 1.41. The number of nitrogens with one attached hydrogen (secondary N) is 1. The van der Waals surface area contributed by atoms with E-state index in [9.17, 15) is 14.7 Å². The van der Waals surface area contributed by atoms with Crippen LogP contribution in [-0.4, -0.2) is 64.0 Å². The van der Waals surface area contributed by atoms with E-state index in [-0.39, 0.29) is 36.8 Å². The molecule has 0 aliphatic carbocycles. The first-order chi connectivity index (χ1) is 16.2. The van der Waals surface area contributed by atoms with E-state index in [1.807, 2.05) is 57.5 Å². The highest BCUT2D eigenvalue weighted by Gasteiger charge is 2.44. The summed E-state index contributed by atoms with van der Waals surface area (Å²) in [5.74, 6) is -0.655. The third kappa shape index (κ3) is 5.15. The second-order valence-electron chi connectivity index (χ2n) is 9.41. The van der Waals surface area contributed by atoms with Crippen LogP contribution in [0.5, 0.6) is 0 Å². The molecule has 1 aromatic heterocycles. The van der Waals surface area contributed by atoms with Crippen molar-refractivity contribution in [3.8, 4) is 10.4 Å². The quantitative estimate of drug-likeness (QED) is 0.629. The lowest BCUT2D eigenvalue weighted by Crippen LogP contribution is -2.50. The summed E-state index contributed by atoms with van der Waals surface area (Å²) in [5, 5.41) is 13.2. The van der Waals surface area contributed by atoms with Gasteiger partial charge in [-0.25, -0.2) is 4.98 Å². The molecule has 2 N–H and O–H groups in total. The fraction of sp³-hybridized carbons (Fsp3) is 0.520. The number of aromatic nitrogens is 1. The predicted octanol–water partition coefficient (Wildman–Crippen LogP) is 2.79. The van der Waals surface area contributed by atoms with E-state index in [0.29, 0.717) is 19.0 Å². The molecular weight excluding hydrogens is 452 g/mol. The highest BCUT2D eigenvalue weighted by molar-refractivity contribution is 7.13. The van der Waals surface area contributed by atoms with Gasteiger partial charge in [-0.1, -0.05) is 38.1 Å². The van der Waals surface area contributed by atoms with Gasteiger partial charge in [-0.3, -0.25) is 14.6 Å². The molecule has 1 unspecified atom stereocenters. The molecule has 182 valence electrons. The largest absolute Gasteiger partial charge is 0.475 e. The number of carbonyl (C=O) groups is 2. The Morgan fingerprint density at radius 1 is 1.29 bits per heavy atom. The molecule has 2 aliphatic heterocycles. The molecule has 2 aliphatic rings. The molecule has 2 amide bonds. The molecule has 1 fully saturated rings. The van der Waals surface area contributed by atoms with Crippen LogP contribution in [0.4, 0.5) is 0 Å². The highest BCUT2D eigenvalue weighted by atomic mass is 32.1. The third-order valence-corrected chi connectivity index (χ3v) is 7.30. The first-order valence-electron chi connectivity index (χ1n) is 11.7. The van der Waals surface area contributed by atoms with Crippen LogP contribution in [0.2, 0.25) is 0 Å². The number of benzene rings is 1. The van der Waals surface area contributed by atoms with Gasteiger partial charge in [0.05, 0.1) is 28.7 Å². The van der Waals surface area contributed by atoms with Gasteiger partial charge < -0.3 is 20.1 Å². The van der Waals surface area contributed by atoms with Crippen LogP contribution >= 0.6 is 11.3 Å². The maximum Gasteiger partial charge on any atom is 0.243 e. The van der Waals surface area contributed by atoms with Crippen LogP contribution in [0, 0.1) is 18.8 Å². The standard InChI is InChI=1S/C25H32N4O4S/c1-14(2)21(24-27-10-15(3)33-24)25(32)29-12-19(30)9-20(29)23(31)26-11-17-5-7-18(8-6-17)22-16(4)28-13-34-22/h5-8,13-15,19-21,30H,9-12H2,1-4H3,(H,26,31)/t15?,19-,20+,21-/m1/s1. The molecule has 0 radical (unpaired) electrons. The Kier molecular flexibility index (Phi) is 7.33. The van der Waals surface area contributed by atoms with E-state index in [1.165, 1.54) is 4.90 Å². The Bertz CT molecular complexity index is 1070. The molecule has 4 rings (SSSR count). The summed E-state index contributed by atoms with van der Waals surface area (Å²) in [6.07, 6.45) is -0.575. The van der Waals surface area contributed by atoms with Crippen LogP contribution in [0.3, 0.4) is 0 Å². The van der Waals surface area contributed by atoms with E-state index in [0.717, 1.165) is 21.7 Å². The van der Waals surface area contributed by atoms with Gasteiger partial charge in [-0.05, 0) is 30.9 Å². The number of likely N-dealkylation sites (tertiary alicyclic amines) is 1.